The molecule has 0 bridgehead atoms. The van der Waals surface area contributed by atoms with Crippen LogP contribution in [0.1, 0.15) is 0 Å². The molecule has 0 atom stereocenters. The normalized spacial score (nSPS) is 10.4. The average molecular weight is 360 g/mol. The Hall–Kier alpha value is -0.520. The average Bonchev–Trinajstić information content (AvgIpc) is 2.27. The second-order valence-corrected chi connectivity index (χ2v) is 5.99. The molecule has 0 radical (unpaired) electrons. The van der Waals surface area contributed by atoms with E-state index in [2.05, 4.69) is 36.8 Å². The van der Waals surface area contributed by atoms with Gasteiger partial charge >= 0.3 is 0 Å². The molecule has 0 fully saturated rings. The number of aromatic nitrogens is 1. The molecular weight excluding hydrogens is 352 g/mol. The van der Waals surface area contributed by atoms with Crippen molar-refractivity contribution in [2.75, 3.05) is 5.73 Å². The highest BCUT2D eigenvalue weighted by Gasteiger charge is 2.03. The molecule has 0 saturated carbocycles. The molecule has 82 valence electrons. The van der Waals surface area contributed by atoms with Crippen molar-refractivity contribution in [3.05, 3.63) is 45.5 Å². The van der Waals surface area contributed by atoms with Crippen molar-refractivity contribution in [3.63, 3.8) is 0 Å². The van der Waals surface area contributed by atoms with Gasteiger partial charge in [0.05, 0.1) is 0 Å². The van der Waals surface area contributed by atoms with E-state index in [0.29, 0.717) is 0 Å². The van der Waals surface area contributed by atoms with Crippen molar-refractivity contribution in [1.82, 2.24) is 4.98 Å². The first-order chi connectivity index (χ1) is 7.65. The number of nitrogens with zero attached hydrogens (tertiary/aromatic N) is 1. The van der Waals surface area contributed by atoms with Crippen LogP contribution < -0.4 is 5.73 Å². The lowest BCUT2D eigenvalue weighted by Crippen LogP contribution is -1.88. The van der Waals surface area contributed by atoms with Crippen LogP contribution in [-0.4, -0.2) is 4.98 Å². The van der Waals surface area contributed by atoms with Crippen LogP contribution >= 0.6 is 43.6 Å². The second-order valence-electron chi connectivity index (χ2n) is 3.10. The zero-order valence-corrected chi connectivity index (χ0v) is 12.1. The van der Waals surface area contributed by atoms with Crippen molar-refractivity contribution in [2.24, 2.45) is 0 Å². The van der Waals surface area contributed by atoms with E-state index in [1.165, 1.54) is 0 Å². The molecule has 0 unspecified atom stereocenters. The van der Waals surface area contributed by atoms with Crippen LogP contribution in [0.15, 0.2) is 55.4 Å². The number of rotatable bonds is 2. The maximum absolute atomic E-state index is 5.89. The Bertz CT molecular complexity index is 500. The lowest BCUT2D eigenvalue weighted by molar-refractivity contribution is 1.12. The van der Waals surface area contributed by atoms with E-state index >= 15 is 0 Å². The molecule has 1 heterocycles. The van der Waals surface area contributed by atoms with Crippen LogP contribution in [0.2, 0.25) is 0 Å². The number of nitrogens with two attached hydrogens (primary N) is 1. The van der Waals surface area contributed by atoms with Gasteiger partial charge in [-0.05, 0) is 46.3 Å². The number of nitrogen functional groups attached to an aromatic ring is 1. The molecule has 2 aromatic rings. The van der Waals surface area contributed by atoms with Gasteiger partial charge in [-0.15, -0.1) is 0 Å². The van der Waals surface area contributed by atoms with Crippen LogP contribution in [0.25, 0.3) is 0 Å². The summed E-state index contributed by atoms with van der Waals surface area (Å²) >= 11 is 8.33. The van der Waals surface area contributed by atoms with Crippen LogP contribution in [0.3, 0.4) is 0 Å². The minimum Gasteiger partial charge on any atom is -0.398 e. The number of pyridine rings is 1. The first-order valence-corrected chi connectivity index (χ1v) is 6.90. The first-order valence-electron chi connectivity index (χ1n) is 4.49. The number of benzene rings is 1. The largest absolute Gasteiger partial charge is 0.398 e. The third-order valence-electron chi connectivity index (χ3n) is 1.89. The van der Waals surface area contributed by atoms with E-state index in [1.54, 1.807) is 18.0 Å². The van der Waals surface area contributed by atoms with Gasteiger partial charge in [-0.25, -0.2) is 4.98 Å². The molecule has 0 saturated heterocycles. The fourth-order valence-electron chi connectivity index (χ4n) is 1.13. The molecular formula is C11H8Br2N2S. The maximum Gasteiger partial charge on any atom is 0.101 e. The van der Waals surface area contributed by atoms with Crippen LogP contribution in [0.5, 0.6) is 0 Å². The molecule has 0 spiro atoms. The molecule has 1 aromatic heterocycles. The van der Waals surface area contributed by atoms with Gasteiger partial charge in [-0.1, -0.05) is 27.7 Å². The molecule has 0 aliphatic heterocycles. The Morgan fingerprint density at radius 2 is 1.81 bits per heavy atom. The Kier molecular flexibility index (Phi) is 3.89. The molecule has 0 amide bonds. The second kappa shape index (κ2) is 5.21. The van der Waals surface area contributed by atoms with Crippen LogP contribution in [0.4, 0.5) is 5.69 Å². The van der Waals surface area contributed by atoms with Crippen LogP contribution in [-0.2, 0) is 0 Å². The zero-order chi connectivity index (χ0) is 11.5. The molecule has 5 heteroatoms. The summed E-state index contributed by atoms with van der Waals surface area (Å²) in [6.45, 7) is 0. The standard InChI is InChI=1S/C11H8Br2N2S/c12-7-1-3-9(14)10(5-7)16-11-4-2-8(13)6-15-11/h1-6H,14H2. The number of halogens is 2. The molecule has 2 N–H and O–H groups in total. The summed E-state index contributed by atoms with van der Waals surface area (Å²) in [5.41, 5.74) is 6.65. The summed E-state index contributed by atoms with van der Waals surface area (Å²) in [7, 11) is 0. The highest BCUT2D eigenvalue weighted by atomic mass is 79.9. The van der Waals surface area contributed by atoms with Crippen LogP contribution in [0, 0.1) is 0 Å². The van der Waals surface area contributed by atoms with E-state index in [9.17, 15) is 0 Å². The predicted octanol–water partition coefficient (Wildman–Crippen LogP) is 4.34. The molecule has 1 aromatic carbocycles. The Morgan fingerprint density at radius 3 is 2.50 bits per heavy atom. The van der Waals surface area contributed by atoms with Gasteiger partial charge in [0.25, 0.3) is 0 Å². The van der Waals surface area contributed by atoms with E-state index in [1.807, 2.05) is 30.3 Å². The Balaban J connectivity index is 2.26. The van der Waals surface area contributed by atoms with Crippen molar-refractivity contribution in [1.29, 1.82) is 0 Å². The van der Waals surface area contributed by atoms with Gasteiger partial charge in [0.15, 0.2) is 0 Å². The highest BCUT2D eigenvalue weighted by Crippen LogP contribution is 2.33. The molecule has 2 rings (SSSR count). The lowest BCUT2D eigenvalue weighted by atomic mass is 10.3. The first kappa shape index (κ1) is 12.0. The number of anilines is 1. The fourth-order valence-corrected chi connectivity index (χ4v) is 2.72. The van der Waals surface area contributed by atoms with Gasteiger partial charge in [-0.3, -0.25) is 0 Å². The topological polar surface area (TPSA) is 38.9 Å². The minimum absolute atomic E-state index is 0.762. The van der Waals surface area contributed by atoms with E-state index in [4.69, 9.17) is 5.73 Å². The third-order valence-corrected chi connectivity index (χ3v) is 3.88. The third kappa shape index (κ3) is 2.99. The lowest BCUT2D eigenvalue weighted by Gasteiger charge is -2.05. The van der Waals surface area contributed by atoms with Crippen molar-refractivity contribution >= 4 is 49.3 Å². The zero-order valence-electron chi connectivity index (χ0n) is 8.15. The molecule has 0 aliphatic carbocycles. The van der Waals surface area contributed by atoms with Gasteiger partial charge in [-0.2, -0.15) is 0 Å². The smallest absolute Gasteiger partial charge is 0.101 e. The fraction of sp³-hybridized carbons (Fsp3) is 0. The molecule has 16 heavy (non-hydrogen) atoms. The van der Waals surface area contributed by atoms with Crippen molar-refractivity contribution < 1.29 is 0 Å². The Labute approximate surface area is 115 Å². The van der Waals surface area contributed by atoms with Gasteiger partial charge < -0.3 is 5.73 Å². The van der Waals surface area contributed by atoms with E-state index < -0.39 is 0 Å². The monoisotopic (exact) mass is 358 g/mol. The SMILES string of the molecule is Nc1ccc(Br)cc1Sc1ccc(Br)cn1. The maximum atomic E-state index is 5.89. The minimum atomic E-state index is 0.762. The Morgan fingerprint density at radius 1 is 1.06 bits per heavy atom. The van der Waals surface area contributed by atoms with E-state index in [-0.39, 0.29) is 0 Å². The summed E-state index contributed by atoms with van der Waals surface area (Å²) in [5.74, 6) is 0. The summed E-state index contributed by atoms with van der Waals surface area (Å²) in [6.07, 6.45) is 1.77. The van der Waals surface area contributed by atoms with Crippen molar-refractivity contribution in [3.8, 4) is 0 Å². The van der Waals surface area contributed by atoms with Gasteiger partial charge in [0.2, 0.25) is 0 Å². The van der Waals surface area contributed by atoms with Crippen molar-refractivity contribution in [2.45, 2.75) is 9.92 Å². The summed E-state index contributed by atoms with van der Waals surface area (Å²) in [4.78, 5) is 5.29. The van der Waals surface area contributed by atoms with Gasteiger partial charge in [0.1, 0.15) is 5.03 Å². The highest BCUT2D eigenvalue weighted by molar-refractivity contribution is 9.10. The number of hydrogen-bond acceptors (Lipinski definition) is 3. The summed E-state index contributed by atoms with van der Waals surface area (Å²) < 4.78 is 1.99. The molecule has 0 aliphatic rings. The summed E-state index contributed by atoms with van der Waals surface area (Å²) in [5, 5.41) is 0.924. The van der Waals surface area contributed by atoms with Gasteiger partial charge in [0, 0.05) is 25.7 Å². The number of hydrogen-bond donors (Lipinski definition) is 1. The van der Waals surface area contributed by atoms with E-state index in [0.717, 1.165) is 24.6 Å². The predicted molar refractivity (Wildman–Crippen MR) is 74.6 cm³/mol. The molecule has 2 nitrogen and oxygen atoms in total. The quantitative estimate of drug-likeness (QED) is 0.810. The summed E-state index contributed by atoms with van der Waals surface area (Å²) in [6, 6.07) is 9.71.